The molecule has 0 saturated carbocycles. The molecule has 5 rings (SSSR count). The molecular formula is C35H49N9O10S. The number of para-hydroxylation sites is 1. The Hall–Kier alpha value is -4.76. The fourth-order valence-electron chi connectivity index (χ4n) is 6.76. The second-order valence-corrected chi connectivity index (χ2v) is 15.7. The molecule has 0 radical (unpaired) electrons. The minimum atomic E-state index is -1.67. The first kappa shape index (κ1) is 41.4. The van der Waals surface area contributed by atoms with Gasteiger partial charge in [0, 0.05) is 49.0 Å². The summed E-state index contributed by atoms with van der Waals surface area (Å²) in [4.78, 5) is 101. The summed E-state index contributed by atoms with van der Waals surface area (Å²) in [5.41, 5.74) is 5.27. The van der Waals surface area contributed by atoms with Gasteiger partial charge in [-0.1, -0.05) is 18.2 Å². The first-order valence-electron chi connectivity index (χ1n) is 18.0. The maximum absolute atomic E-state index is 14.3. The number of carbonyl (C=O) groups excluding carboxylic acids is 7. The van der Waals surface area contributed by atoms with Crippen LogP contribution >= 0.6 is 11.8 Å². The summed E-state index contributed by atoms with van der Waals surface area (Å²) >= 11 is 1.10. The van der Waals surface area contributed by atoms with Crippen LogP contribution in [0.1, 0.15) is 46.1 Å². The quantitative estimate of drug-likeness (QED) is 0.142. The summed E-state index contributed by atoms with van der Waals surface area (Å²) in [7, 11) is 0. The highest BCUT2D eigenvalue weighted by Crippen LogP contribution is 2.32. The van der Waals surface area contributed by atoms with Gasteiger partial charge in [-0.2, -0.15) is 0 Å². The molecule has 10 atom stereocenters. The molecule has 1 aromatic carbocycles. The fourth-order valence-corrected chi connectivity index (χ4v) is 7.87. The summed E-state index contributed by atoms with van der Waals surface area (Å²) in [6.07, 6.45) is -3.35. The van der Waals surface area contributed by atoms with E-state index < -0.39 is 108 Å². The van der Waals surface area contributed by atoms with Gasteiger partial charge in [0.1, 0.15) is 42.3 Å². The Balaban J connectivity index is 1.69. The predicted octanol–water partition coefficient (Wildman–Crippen LogP) is -3.78. The maximum atomic E-state index is 14.3. The molecule has 7 amide bonds. The lowest BCUT2D eigenvalue weighted by Crippen LogP contribution is -2.62. The van der Waals surface area contributed by atoms with Crippen LogP contribution in [0.3, 0.4) is 0 Å². The topological polar surface area (TPSA) is 297 Å². The number of H-pyrrole nitrogens is 1. The van der Waals surface area contributed by atoms with Crippen LogP contribution in [-0.4, -0.2) is 145 Å². The fraction of sp³-hybridized carbons (Fsp3) is 0.571. The maximum Gasteiger partial charge on any atom is 0.246 e. The zero-order valence-corrected chi connectivity index (χ0v) is 31.7. The van der Waals surface area contributed by atoms with Gasteiger partial charge in [-0.05, 0) is 39.3 Å². The largest absolute Gasteiger partial charge is 0.391 e. The van der Waals surface area contributed by atoms with Crippen molar-refractivity contribution < 1.29 is 48.9 Å². The van der Waals surface area contributed by atoms with E-state index in [1.54, 1.807) is 24.3 Å². The number of aromatic amines is 1. The van der Waals surface area contributed by atoms with Crippen LogP contribution in [0.5, 0.6) is 0 Å². The van der Waals surface area contributed by atoms with E-state index in [1.165, 1.54) is 27.7 Å². The Labute approximate surface area is 320 Å². The number of rotatable bonds is 4. The molecule has 2 bridgehead atoms. The SMILES string of the molecule is C[C@@H]1NC(=O)C2C[C@@H](O)CN2C(=O)[C@H]2CSc3[nH]c4ccccc4c3C[C@H](NC1=O)C(=O)N[C@H](C[C@](C)(O)CN)C(=O)N[C@H](C)C(=O)N[C@H]([C@H](C)O)C(=O)N2. The molecule has 12 N–H and O–H groups in total. The number of aromatic nitrogens is 1. The van der Waals surface area contributed by atoms with Gasteiger partial charge in [-0.3, -0.25) is 33.6 Å². The molecule has 0 spiro atoms. The Morgan fingerprint density at radius 2 is 1.51 bits per heavy atom. The van der Waals surface area contributed by atoms with Gasteiger partial charge in [-0.15, -0.1) is 11.8 Å². The molecule has 0 aliphatic carbocycles. The Morgan fingerprint density at radius 1 is 0.873 bits per heavy atom. The van der Waals surface area contributed by atoms with E-state index >= 15 is 0 Å². The number of hydrogen-bond acceptors (Lipinski definition) is 12. The van der Waals surface area contributed by atoms with Crippen molar-refractivity contribution in [2.75, 3.05) is 18.8 Å². The van der Waals surface area contributed by atoms with Crippen molar-refractivity contribution in [2.45, 2.75) is 112 Å². The zero-order chi connectivity index (χ0) is 40.4. The summed E-state index contributed by atoms with van der Waals surface area (Å²) in [6, 6.07) is -2.62. The molecule has 2 aromatic rings. The Bertz CT molecular complexity index is 1840. The number of amides is 7. The standard InChI is InChI=1S/C35H49N9O10S/c1-15-27(47)39-22-10-20-19-7-5-6-8-21(19)42-33(20)55-13-24(34(53)44-12-18(46)9-25(44)31(51)38-15)41-32(52)26(17(3)45)43-28(48)16(2)37-30(50)23(40-29(22)49)11-35(4,54)14-36/h5-8,15-18,22-26,42,45-46,54H,9-14,36H2,1-4H3,(H,37,50)(H,38,51)(H,39,47)(H,40,49)(H,41,52)(H,43,48)/t15-,16+,17-,18+,22-,23+,24+,25?,26+,35-/m0/s1. The molecule has 1 saturated heterocycles. The number of aliphatic hydroxyl groups is 3. The lowest BCUT2D eigenvalue weighted by Gasteiger charge is -2.31. The van der Waals surface area contributed by atoms with Crippen LogP contribution in [0.15, 0.2) is 29.3 Å². The van der Waals surface area contributed by atoms with Crippen molar-refractivity contribution in [3.63, 3.8) is 0 Å². The van der Waals surface area contributed by atoms with Crippen LogP contribution in [0.25, 0.3) is 10.9 Å². The molecule has 300 valence electrons. The number of fused-ring (bicyclic) bond motifs is 5. The number of aliphatic hydroxyl groups excluding tert-OH is 2. The number of nitrogens with one attached hydrogen (secondary N) is 7. The van der Waals surface area contributed by atoms with Gasteiger partial charge in [0.25, 0.3) is 0 Å². The van der Waals surface area contributed by atoms with Gasteiger partial charge in [0.05, 0.1) is 22.8 Å². The molecule has 1 unspecified atom stereocenters. The van der Waals surface area contributed by atoms with Gasteiger partial charge in [-0.25, -0.2) is 0 Å². The number of carbonyl (C=O) groups is 7. The van der Waals surface area contributed by atoms with Crippen molar-refractivity contribution in [3.8, 4) is 0 Å². The normalized spacial score (nSPS) is 30.8. The van der Waals surface area contributed by atoms with Crippen molar-refractivity contribution in [2.24, 2.45) is 5.73 Å². The van der Waals surface area contributed by atoms with Crippen LogP contribution in [0.2, 0.25) is 0 Å². The molecule has 3 aliphatic heterocycles. The highest BCUT2D eigenvalue weighted by atomic mass is 32.2. The molecule has 20 heteroatoms. The van der Waals surface area contributed by atoms with Crippen LogP contribution < -0.4 is 37.6 Å². The van der Waals surface area contributed by atoms with E-state index in [9.17, 15) is 48.9 Å². The number of nitrogens with two attached hydrogens (primary N) is 1. The molecule has 1 aromatic heterocycles. The van der Waals surface area contributed by atoms with E-state index in [1.807, 2.05) is 0 Å². The average molecular weight is 788 g/mol. The van der Waals surface area contributed by atoms with Gasteiger partial charge in [0.2, 0.25) is 41.4 Å². The molecular weight excluding hydrogens is 739 g/mol. The third-order valence-electron chi connectivity index (χ3n) is 9.97. The molecule has 3 aliphatic rings. The third-order valence-corrected chi connectivity index (χ3v) is 11.1. The van der Waals surface area contributed by atoms with E-state index in [2.05, 4.69) is 36.9 Å². The molecule has 4 heterocycles. The number of thioether (sulfide) groups is 1. The van der Waals surface area contributed by atoms with Crippen LogP contribution in [0.4, 0.5) is 0 Å². The van der Waals surface area contributed by atoms with Gasteiger partial charge >= 0.3 is 0 Å². The molecule has 1 fully saturated rings. The first-order chi connectivity index (χ1) is 25.9. The summed E-state index contributed by atoms with van der Waals surface area (Å²) in [6.45, 7) is 4.70. The van der Waals surface area contributed by atoms with E-state index in [0.29, 0.717) is 21.5 Å². The van der Waals surface area contributed by atoms with E-state index in [4.69, 9.17) is 5.73 Å². The third kappa shape index (κ3) is 9.55. The highest BCUT2D eigenvalue weighted by molar-refractivity contribution is 7.99. The van der Waals surface area contributed by atoms with Crippen LogP contribution in [-0.2, 0) is 40.0 Å². The Morgan fingerprint density at radius 3 is 2.18 bits per heavy atom. The Kier molecular flexibility index (Phi) is 12.8. The zero-order valence-electron chi connectivity index (χ0n) is 30.9. The van der Waals surface area contributed by atoms with Crippen molar-refractivity contribution in [1.82, 2.24) is 41.8 Å². The molecule has 55 heavy (non-hydrogen) atoms. The number of hydrogen-bond donors (Lipinski definition) is 11. The average Bonchev–Trinajstić information content (AvgIpc) is 3.69. The van der Waals surface area contributed by atoms with E-state index in [0.717, 1.165) is 16.7 Å². The lowest BCUT2D eigenvalue weighted by molar-refractivity contribution is -0.142. The minimum Gasteiger partial charge on any atom is -0.391 e. The van der Waals surface area contributed by atoms with Crippen molar-refractivity contribution >= 4 is 64.0 Å². The predicted molar refractivity (Wildman–Crippen MR) is 198 cm³/mol. The number of benzene rings is 1. The second-order valence-electron chi connectivity index (χ2n) is 14.7. The summed E-state index contributed by atoms with van der Waals surface area (Å²) in [5.74, 6) is -6.07. The molecule has 19 nitrogen and oxygen atoms in total. The first-order valence-corrected chi connectivity index (χ1v) is 19.0. The second kappa shape index (κ2) is 16.9. The summed E-state index contributed by atoms with van der Waals surface area (Å²) in [5, 5.41) is 48.6. The lowest BCUT2D eigenvalue weighted by atomic mass is 9.95. The monoisotopic (exact) mass is 787 g/mol. The smallest absolute Gasteiger partial charge is 0.246 e. The van der Waals surface area contributed by atoms with Gasteiger partial charge < -0.3 is 62.8 Å². The van der Waals surface area contributed by atoms with Gasteiger partial charge in [0.15, 0.2) is 0 Å². The van der Waals surface area contributed by atoms with Crippen LogP contribution in [0, 0.1) is 0 Å². The summed E-state index contributed by atoms with van der Waals surface area (Å²) < 4.78 is 0. The van der Waals surface area contributed by atoms with Crippen molar-refractivity contribution in [3.05, 3.63) is 29.8 Å². The van der Waals surface area contributed by atoms with Crippen molar-refractivity contribution in [1.29, 1.82) is 0 Å². The number of nitrogens with zero attached hydrogens (tertiary/aromatic N) is 1. The van der Waals surface area contributed by atoms with E-state index in [-0.39, 0.29) is 31.7 Å². The minimum absolute atomic E-state index is 0.159. The highest BCUT2D eigenvalue weighted by Gasteiger charge is 2.44.